The van der Waals surface area contributed by atoms with Crippen molar-refractivity contribution in [2.45, 2.75) is 13.0 Å². The summed E-state index contributed by atoms with van der Waals surface area (Å²) in [6, 6.07) is 2.29. The van der Waals surface area contributed by atoms with E-state index in [0.29, 0.717) is 0 Å². The van der Waals surface area contributed by atoms with Gasteiger partial charge < -0.3 is 0 Å². The van der Waals surface area contributed by atoms with E-state index in [-0.39, 0.29) is 12.0 Å². The Morgan fingerprint density at radius 2 is 2.44 bits per heavy atom. The van der Waals surface area contributed by atoms with E-state index >= 15 is 0 Å². The molecule has 1 heterocycles. The Hall–Kier alpha value is -1.10. The van der Waals surface area contributed by atoms with Gasteiger partial charge in [0.15, 0.2) is 0 Å². The molecule has 0 aromatic carbocycles. The summed E-state index contributed by atoms with van der Waals surface area (Å²) in [6.07, 6.45) is 5.42. The van der Waals surface area contributed by atoms with Gasteiger partial charge >= 0.3 is 0 Å². The number of aliphatic imine (C=N–C) groups is 1. The molecule has 2 atom stereocenters. The lowest BCUT2D eigenvalue weighted by Gasteiger charge is -2.10. The van der Waals surface area contributed by atoms with Crippen molar-refractivity contribution in [2.75, 3.05) is 0 Å². The number of nitrogens with zero attached hydrogens (tertiary/aromatic N) is 2. The summed E-state index contributed by atoms with van der Waals surface area (Å²) in [5.74, 6) is -0.0185. The van der Waals surface area contributed by atoms with Crippen LogP contribution in [-0.4, -0.2) is 12.3 Å². The first-order valence-electron chi connectivity index (χ1n) is 2.94. The molecular weight excluding hydrogens is 112 g/mol. The van der Waals surface area contributed by atoms with E-state index in [2.05, 4.69) is 11.1 Å². The Morgan fingerprint density at radius 3 is 2.89 bits per heavy atom. The van der Waals surface area contributed by atoms with Crippen LogP contribution in [0.4, 0.5) is 0 Å². The average Bonchev–Trinajstić information content (AvgIpc) is 1.89. The van der Waals surface area contributed by atoms with Gasteiger partial charge in [-0.1, -0.05) is 6.08 Å². The molecule has 0 N–H and O–H groups in total. The van der Waals surface area contributed by atoms with E-state index in [4.69, 9.17) is 5.26 Å². The van der Waals surface area contributed by atoms with Gasteiger partial charge in [0.05, 0.1) is 18.0 Å². The topological polar surface area (TPSA) is 36.1 Å². The molecule has 0 saturated heterocycles. The number of hydrogen-bond donors (Lipinski definition) is 0. The predicted molar refractivity (Wildman–Crippen MR) is 36.2 cm³/mol. The molecule has 0 aromatic rings. The Bertz CT molecular complexity index is 186. The van der Waals surface area contributed by atoms with Gasteiger partial charge in [0.25, 0.3) is 0 Å². The van der Waals surface area contributed by atoms with E-state index in [1.54, 1.807) is 6.21 Å². The van der Waals surface area contributed by atoms with Gasteiger partial charge in [-0.25, -0.2) is 0 Å². The standard InChI is InChI=1S/C7H8N2/c1-6-7(5-8)3-2-4-9-6/h2-4,6-7H,1H3. The van der Waals surface area contributed by atoms with E-state index in [1.165, 1.54) is 0 Å². The molecule has 9 heavy (non-hydrogen) atoms. The molecule has 0 saturated carbocycles. The summed E-state index contributed by atoms with van der Waals surface area (Å²) in [4.78, 5) is 4.05. The summed E-state index contributed by atoms with van der Waals surface area (Å²) < 4.78 is 0. The molecule has 2 nitrogen and oxygen atoms in total. The van der Waals surface area contributed by atoms with E-state index in [9.17, 15) is 0 Å². The minimum absolute atomic E-state index is 0.0185. The summed E-state index contributed by atoms with van der Waals surface area (Å²) in [5.41, 5.74) is 0. The highest BCUT2D eigenvalue weighted by atomic mass is 14.8. The molecule has 1 aliphatic rings. The zero-order chi connectivity index (χ0) is 6.69. The normalized spacial score (nSPS) is 32.0. The van der Waals surface area contributed by atoms with E-state index in [1.807, 2.05) is 19.1 Å². The highest BCUT2D eigenvalue weighted by Crippen LogP contribution is 2.10. The highest BCUT2D eigenvalue weighted by Gasteiger charge is 2.12. The van der Waals surface area contributed by atoms with Gasteiger partial charge in [-0.3, -0.25) is 4.99 Å². The highest BCUT2D eigenvalue weighted by molar-refractivity contribution is 5.72. The molecule has 2 unspecified atom stereocenters. The maximum absolute atomic E-state index is 8.49. The maximum Gasteiger partial charge on any atom is 0.0867 e. The van der Waals surface area contributed by atoms with Crippen LogP contribution in [0.15, 0.2) is 17.1 Å². The fraction of sp³-hybridized carbons (Fsp3) is 0.429. The van der Waals surface area contributed by atoms with Crippen LogP contribution < -0.4 is 0 Å². The van der Waals surface area contributed by atoms with Crippen LogP contribution in [0.3, 0.4) is 0 Å². The fourth-order valence-electron chi connectivity index (χ4n) is 0.759. The first kappa shape index (κ1) is 6.03. The molecule has 0 fully saturated rings. The van der Waals surface area contributed by atoms with Crippen molar-refractivity contribution in [1.82, 2.24) is 0 Å². The van der Waals surface area contributed by atoms with Crippen LogP contribution in [0.1, 0.15) is 6.92 Å². The molecule has 0 spiro atoms. The lowest BCUT2D eigenvalue weighted by atomic mass is 10.0. The van der Waals surface area contributed by atoms with Gasteiger partial charge in [0.2, 0.25) is 0 Å². The van der Waals surface area contributed by atoms with Crippen molar-refractivity contribution in [1.29, 1.82) is 5.26 Å². The molecule has 1 rings (SSSR count). The van der Waals surface area contributed by atoms with Crippen molar-refractivity contribution in [2.24, 2.45) is 10.9 Å². The van der Waals surface area contributed by atoms with Crippen molar-refractivity contribution in [3.05, 3.63) is 12.2 Å². The molecular formula is C7H8N2. The monoisotopic (exact) mass is 120 g/mol. The van der Waals surface area contributed by atoms with Crippen LogP contribution in [0.25, 0.3) is 0 Å². The van der Waals surface area contributed by atoms with Crippen LogP contribution in [0, 0.1) is 17.2 Å². The first-order chi connectivity index (χ1) is 4.34. The van der Waals surface area contributed by atoms with Crippen LogP contribution in [0.5, 0.6) is 0 Å². The Kier molecular flexibility index (Phi) is 1.64. The number of allylic oxidation sites excluding steroid dienone is 1. The summed E-state index contributed by atoms with van der Waals surface area (Å²) in [5, 5.41) is 8.49. The molecule has 0 radical (unpaired) electrons. The van der Waals surface area contributed by atoms with Gasteiger partial charge in [-0.05, 0) is 13.0 Å². The minimum Gasteiger partial charge on any atom is -0.288 e. The molecule has 0 aliphatic carbocycles. The number of nitriles is 1. The van der Waals surface area contributed by atoms with Crippen molar-refractivity contribution >= 4 is 6.21 Å². The molecule has 0 amide bonds. The molecule has 0 aromatic heterocycles. The third-order valence-corrected chi connectivity index (χ3v) is 1.39. The third kappa shape index (κ3) is 1.17. The van der Waals surface area contributed by atoms with Gasteiger partial charge in [0, 0.05) is 6.21 Å². The van der Waals surface area contributed by atoms with Crippen LogP contribution >= 0.6 is 0 Å². The van der Waals surface area contributed by atoms with E-state index < -0.39 is 0 Å². The maximum atomic E-state index is 8.49. The molecule has 1 aliphatic heterocycles. The Labute approximate surface area is 54.5 Å². The van der Waals surface area contributed by atoms with Crippen LogP contribution in [-0.2, 0) is 0 Å². The van der Waals surface area contributed by atoms with Crippen molar-refractivity contribution in [3.63, 3.8) is 0 Å². The average molecular weight is 120 g/mol. The minimum atomic E-state index is -0.0185. The number of rotatable bonds is 0. The summed E-state index contributed by atoms with van der Waals surface area (Å²) in [7, 11) is 0. The fourth-order valence-corrected chi connectivity index (χ4v) is 0.759. The van der Waals surface area contributed by atoms with Crippen LogP contribution in [0.2, 0.25) is 0 Å². The van der Waals surface area contributed by atoms with Gasteiger partial charge in [-0.15, -0.1) is 0 Å². The quantitative estimate of drug-likeness (QED) is 0.472. The van der Waals surface area contributed by atoms with Crippen molar-refractivity contribution < 1.29 is 0 Å². The Morgan fingerprint density at radius 1 is 1.67 bits per heavy atom. The summed E-state index contributed by atoms with van der Waals surface area (Å²) >= 11 is 0. The molecule has 46 valence electrons. The zero-order valence-electron chi connectivity index (χ0n) is 5.28. The largest absolute Gasteiger partial charge is 0.288 e. The second-order valence-electron chi connectivity index (χ2n) is 2.08. The van der Waals surface area contributed by atoms with Gasteiger partial charge in [0.1, 0.15) is 0 Å². The zero-order valence-corrected chi connectivity index (χ0v) is 5.28. The number of dihydropyridines is 1. The van der Waals surface area contributed by atoms with Gasteiger partial charge in [-0.2, -0.15) is 5.26 Å². The lowest BCUT2D eigenvalue weighted by Crippen LogP contribution is -2.13. The summed E-state index contributed by atoms with van der Waals surface area (Å²) in [6.45, 7) is 1.94. The number of hydrogen-bond acceptors (Lipinski definition) is 2. The molecule has 0 bridgehead atoms. The van der Waals surface area contributed by atoms with Crippen molar-refractivity contribution in [3.8, 4) is 6.07 Å². The predicted octanol–water partition coefficient (Wildman–Crippen LogP) is 1.16. The first-order valence-corrected chi connectivity index (χ1v) is 2.94. The lowest BCUT2D eigenvalue weighted by molar-refractivity contribution is 0.644. The molecule has 2 heteroatoms. The third-order valence-electron chi connectivity index (χ3n) is 1.39. The SMILES string of the molecule is CC1N=CC=CC1C#N. The smallest absolute Gasteiger partial charge is 0.0867 e. The van der Waals surface area contributed by atoms with E-state index in [0.717, 1.165) is 0 Å². The second kappa shape index (κ2) is 2.45. The second-order valence-corrected chi connectivity index (χ2v) is 2.08. The Balaban J connectivity index is 2.68.